The molecule has 0 spiro atoms. The molecule has 0 heterocycles. The summed E-state index contributed by atoms with van der Waals surface area (Å²) in [5.41, 5.74) is 2.75. The molecule has 0 unspecified atom stereocenters. The zero-order chi connectivity index (χ0) is 14.0. The van der Waals surface area contributed by atoms with Crippen LogP contribution in [0.3, 0.4) is 0 Å². The summed E-state index contributed by atoms with van der Waals surface area (Å²) in [6.07, 6.45) is -0.0605. The summed E-state index contributed by atoms with van der Waals surface area (Å²) in [6.45, 7) is 3.81. The third-order valence-electron chi connectivity index (χ3n) is 2.91. The number of hydrogen-bond acceptors (Lipinski definition) is 1. The second-order valence-electron chi connectivity index (χ2n) is 4.71. The highest BCUT2D eigenvalue weighted by Crippen LogP contribution is 2.15. The molecule has 3 heteroatoms. The van der Waals surface area contributed by atoms with Gasteiger partial charge in [0.25, 0.3) is 0 Å². The molecule has 2 aromatic rings. The van der Waals surface area contributed by atoms with Gasteiger partial charge >= 0.3 is 0 Å². The number of carbonyl (C=O) groups is 1. The van der Waals surface area contributed by atoms with Gasteiger partial charge < -0.3 is 0 Å². The van der Waals surface area contributed by atoms with E-state index in [4.69, 9.17) is 0 Å². The van der Waals surface area contributed by atoms with Crippen molar-refractivity contribution in [1.82, 2.24) is 0 Å². The Kier molecular flexibility index (Phi) is 3.74. The number of aryl methyl sites for hydroxylation is 2. The lowest BCUT2D eigenvalue weighted by molar-refractivity contribution is 0.0991. The minimum absolute atomic E-state index is 0.0605. The Balaban J connectivity index is 2.25. The van der Waals surface area contributed by atoms with Crippen molar-refractivity contribution < 1.29 is 13.6 Å². The Morgan fingerprint density at radius 1 is 1.00 bits per heavy atom. The Labute approximate surface area is 110 Å². The van der Waals surface area contributed by atoms with E-state index in [2.05, 4.69) is 0 Å². The average molecular weight is 260 g/mol. The van der Waals surface area contributed by atoms with Crippen LogP contribution in [0.4, 0.5) is 8.78 Å². The Morgan fingerprint density at radius 3 is 2.21 bits per heavy atom. The maximum Gasteiger partial charge on any atom is 0.167 e. The maximum atomic E-state index is 13.5. The van der Waals surface area contributed by atoms with Gasteiger partial charge in [0.15, 0.2) is 5.78 Å². The van der Waals surface area contributed by atoms with Crippen LogP contribution in [0, 0.1) is 25.5 Å². The van der Waals surface area contributed by atoms with E-state index in [9.17, 15) is 13.6 Å². The predicted molar refractivity (Wildman–Crippen MR) is 70.3 cm³/mol. The number of hydrogen-bond donors (Lipinski definition) is 0. The molecule has 0 fully saturated rings. The highest BCUT2D eigenvalue weighted by Gasteiger charge is 2.12. The monoisotopic (exact) mass is 260 g/mol. The first-order chi connectivity index (χ1) is 8.95. The van der Waals surface area contributed by atoms with Gasteiger partial charge in [0.1, 0.15) is 11.6 Å². The number of Topliss-reactive ketones (excluding diaryl/α,β-unsaturated/α-hetero) is 1. The quantitative estimate of drug-likeness (QED) is 0.762. The van der Waals surface area contributed by atoms with Crippen LogP contribution in [-0.2, 0) is 6.42 Å². The first-order valence-corrected chi connectivity index (χ1v) is 6.01. The molecule has 19 heavy (non-hydrogen) atoms. The lowest BCUT2D eigenvalue weighted by Crippen LogP contribution is -2.06. The van der Waals surface area contributed by atoms with Crippen LogP contribution in [0.15, 0.2) is 36.4 Å². The summed E-state index contributed by atoms with van der Waals surface area (Å²) in [4.78, 5) is 12.1. The van der Waals surface area contributed by atoms with Crippen molar-refractivity contribution in [3.05, 3.63) is 70.3 Å². The molecule has 0 atom stereocenters. The molecule has 0 amide bonds. The van der Waals surface area contributed by atoms with Gasteiger partial charge in [-0.05, 0) is 37.6 Å². The molecule has 0 aliphatic heterocycles. The minimum Gasteiger partial charge on any atom is -0.294 e. The Bertz CT molecular complexity index is 612. The molecule has 0 N–H and O–H groups in total. The van der Waals surface area contributed by atoms with Gasteiger partial charge in [-0.3, -0.25) is 4.79 Å². The molecule has 0 saturated heterocycles. The van der Waals surface area contributed by atoms with Crippen LogP contribution in [0.1, 0.15) is 27.0 Å². The van der Waals surface area contributed by atoms with Gasteiger partial charge in [-0.25, -0.2) is 8.78 Å². The van der Waals surface area contributed by atoms with Crippen molar-refractivity contribution in [1.29, 1.82) is 0 Å². The number of rotatable bonds is 3. The van der Waals surface area contributed by atoms with E-state index < -0.39 is 11.6 Å². The minimum atomic E-state index is -0.683. The van der Waals surface area contributed by atoms with Crippen molar-refractivity contribution in [3.8, 4) is 0 Å². The summed E-state index contributed by atoms with van der Waals surface area (Å²) in [5, 5.41) is 0. The number of carbonyl (C=O) groups excluding carboxylic acids is 1. The molecule has 98 valence electrons. The van der Waals surface area contributed by atoms with E-state index in [0.717, 1.165) is 23.3 Å². The fourth-order valence-electron chi connectivity index (χ4n) is 2.08. The second kappa shape index (κ2) is 5.31. The topological polar surface area (TPSA) is 17.1 Å². The van der Waals surface area contributed by atoms with Gasteiger partial charge in [-0.15, -0.1) is 0 Å². The largest absolute Gasteiger partial charge is 0.294 e. The van der Waals surface area contributed by atoms with Gasteiger partial charge in [0.05, 0.1) is 0 Å². The zero-order valence-corrected chi connectivity index (χ0v) is 10.8. The molecule has 2 rings (SSSR count). The predicted octanol–water partition coefficient (Wildman–Crippen LogP) is 4.01. The fourth-order valence-corrected chi connectivity index (χ4v) is 2.08. The number of halogens is 2. The van der Waals surface area contributed by atoms with E-state index in [1.165, 1.54) is 6.07 Å². The number of benzene rings is 2. The molecule has 0 aromatic heterocycles. The maximum absolute atomic E-state index is 13.5. The molecule has 2 aromatic carbocycles. The van der Waals surface area contributed by atoms with Crippen molar-refractivity contribution in [2.45, 2.75) is 20.3 Å². The van der Waals surface area contributed by atoms with Crippen molar-refractivity contribution in [2.24, 2.45) is 0 Å². The summed E-state index contributed by atoms with van der Waals surface area (Å²) in [6, 6.07) is 8.78. The van der Waals surface area contributed by atoms with Gasteiger partial charge in [-0.1, -0.05) is 23.3 Å². The molecular weight excluding hydrogens is 246 g/mol. The standard InChI is InChI=1S/C16H14F2O/c1-10-5-11(2)7-13(6-10)16(19)8-12-3-4-14(17)9-15(12)18/h3-7,9H,8H2,1-2H3. The first kappa shape index (κ1) is 13.4. The normalized spacial score (nSPS) is 10.5. The van der Waals surface area contributed by atoms with E-state index in [-0.39, 0.29) is 17.8 Å². The molecule has 0 saturated carbocycles. The molecule has 1 nitrogen and oxygen atoms in total. The highest BCUT2D eigenvalue weighted by atomic mass is 19.1. The lowest BCUT2D eigenvalue weighted by Gasteiger charge is -2.05. The molecule has 0 aliphatic rings. The van der Waals surface area contributed by atoms with Crippen LogP contribution < -0.4 is 0 Å². The average Bonchev–Trinajstić information content (AvgIpc) is 2.31. The van der Waals surface area contributed by atoms with Crippen LogP contribution in [-0.4, -0.2) is 5.78 Å². The van der Waals surface area contributed by atoms with E-state index in [1.807, 2.05) is 19.9 Å². The fraction of sp³-hybridized carbons (Fsp3) is 0.188. The number of ketones is 1. The summed E-state index contributed by atoms with van der Waals surface area (Å²) < 4.78 is 26.3. The molecule has 0 aliphatic carbocycles. The Hall–Kier alpha value is -2.03. The summed E-state index contributed by atoms with van der Waals surface area (Å²) in [7, 11) is 0. The zero-order valence-electron chi connectivity index (χ0n) is 10.8. The van der Waals surface area contributed by atoms with Gasteiger partial charge in [-0.2, -0.15) is 0 Å². The summed E-state index contributed by atoms with van der Waals surface area (Å²) >= 11 is 0. The van der Waals surface area contributed by atoms with Gasteiger partial charge in [0, 0.05) is 18.1 Å². The van der Waals surface area contributed by atoms with E-state index in [1.54, 1.807) is 12.1 Å². The Morgan fingerprint density at radius 2 is 1.63 bits per heavy atom. The van der Waals surface area contributed by atoms with Crippen molar-refractivity contribution >= 4 is 5.78 Å². The first-order valence-electron chi connectivity index (χ1n) is 6.01. The molecule has 0 bridgehead atoms. The van der Waals surface area contributed by atoms with Gasteiger partial charge in [0.2, 0.25) is 0 Å². The molecule has 0 radical (unpaired) electrons. The third kappa shape index (κ3) is 3.25. The van der Waals surface area contributed by atoms with Crippen molar-refractivity contribution in [3.63, 3.8) is 0 Å². The van der Waals surface area contributed by atoms with E-state index in [0.29, 0.717) is 5.56 Å². The third-order valence-corrected chi connectivity index (χ3v) is 2.91. The van der Waals surface area contributed by atoms with Crippen LogP contribution >= 0.6 is 0 Å². The highest BCUT2D eigenvalue weighted by molar-refractivity contribution is 5.97. The second-order valence-corrected chi connectivity index (χ2v) is 4.71. The SMILES string of the molecule is Cc1cc(C)cc(C(=O)Cc2ccc(F)cc2F)c1. The smallest absolute Gasteiger partial charge is 0.167 e. The van der Waals surface area contributed by atoms with E-state index >= 15 is 0 Å². The summed E-state index contributed by atoms with van der Waals surface area (Å²) in [5.74, 6) is -1.49. The van der Waals surface area contributed by atoms with Crippen LogP contribution in [0.25, 0.3) is 0 Å². The molecular formula is C16H14F2O. The lowest BCUT2D eigenvalue weighted by atomic mass is 9.99. The van der Waals surface area contributed by atoms with Crippen molar-refractivity contribution in [2.75, 3.05) is 0 Å². The van der Waals surface area contributed by atoms with Crippen LogP contribution in [0.5, 0.6) is 0 Å². The van der Waals surface area contributed by atoms with Crippen LogP contribution in [0.2, 0.25) is 0 Å².